The molecule has 2 rings (SSSR count). The fourth-order valence-corrected chi connectivity index (χ4v) is 4.96. The van der Waals surface area contributed by atoms with Gasteiger partial charge in [0.25, 0.3) is 0 Å². The minimum atomic E-state index is -0.0835. The van der Waals surface area contributed by atoms with Gasteiger partial charge in [-0.1, -0.05) is 108 Å². The third-order valence-electron chi connectivity index (χ3n) is 7.54. The number of unbranched alkanes of at least 4 members (excludes halogenated alkanes) is 9. The largest absolute Gasteiger partial charge is 0.494 e. The molecule has 0 aliphatic carbocycles. The summed E-state index contributed by atoms with van der Waals surface area (Å²) >= 11 is 0. The van der Waals surface area contributed by atoms with Crippen LogP contribution in [-0.4, -0.2) is 44.3 Å². The normalized spacial score (nSPS) is 12.3. The number of hydrogen-bond acceptors (Lipinski definition) is 3. The van der Waals surface area contributed by atoms with Crippen molar-refractivity contribution in [2.75, 3.05) is 33.9 Å². The molecule has 0 aromatic heterocycles. The average Bonchev–Trinajstić information content (AvgIpc) is 2.93. The molecule has 0 aliphatic heterocycles. The summed E-state index contributed by atoms with van der Waals surface area (Å²) < 4.78 is 12.4. The van der Waals surface area contributed by atoms with Crippen molar-refractivity contribution in [3.63, 3.8) is 0 Å². The zero-order valence-corrected chi connectivity index (χ0v) is 25.5. The maximum absolute atomic E-state index is 12.4. The van der Waals surface area contributed by atoms with E-state index >= 15 is 0 Å². The van der Waals surface area contributed by atoms with Crippen LogP contribution >= 0.6 is 0 Å². The highest BCUT2D eigenvalue weighted by Crippen LogP contribution is 2.18. The zero-order chi connectivity index (χ0) is 28.2. The van der Waals surface area contributed by atoms with E-state index < -0.39 is 0 Å². The fraction of sp³-hybridized carbons (Fsp3) is 0.629. The van der Waals surface area contributed by atoms with Gasteiger partial charge in [-0.3, -0.25) is 4.79 Å². The van der Waals surface area contributed by atoms with Gasteiger partial charge in [-0.25, -0.2) is 0 Å². The Morgan fingerprint density at radius 3 is 2.13 bits per heavy atom. The lowest BCUT2D eigenvalue weighted by atomic mass is 10.0. The summed E-state index contributed by atoms with van der Waals surface area (Å²) in [6, 6.07) is 19.1. The minimum Gasteiger partial charge on any atom is -0.494 e. The summed E-state index contributed by atoms with van der Waals surface area (Å²) in [4.78, 5) is 12.4. The SMILES string of the molecule is CCCCCCCCCCCc1cccc(OCCCCOC(=O)C(C)CC[N+](C)(C)Cc2ccccc2)c1. The molecule has 0 bridgehead atoms. The van der Waals surface area contributed by atoms with Crippen LogP contribution in [0, 0.1) is 5.92 Å². The maximum atomic E-state index is 12.4. The smallest absolute Gasteiger partial charge is 0.308 e. The van der Waals surface area contributed by atoms with Crippen LogP contribution in [0.2, 0.25) is 0 Å². The summed E-state index contributed by atoms with van der Waals surface area (Å²) in [6.07, 6.45) is 15.9. The van der Waals surface area contributed by atoms with Gasteiger partial charge in [0.2, 0.25) is 0 Å². The van der Waals surface area contributed by atoms with Crippen molar-refractivity contribution in [1.82, 2.24) is 0 Å². The third-order valence-corrected chi connectivity index (χ3v) is 7.54. The van der Waals surface area contributed by atoms with Crippen LogP contribution in [0.15, 0.2) is 54.6 Å². The van der Waals surface area contributed by atoms with Gasteiger partial charge in [0.05, 0.1) is 39.8 Å². The molecule has 0 saturated carbocycles. The second-order valence-corrected chi connectivity index (χ2v) is 11.9. The molecule has 0 radical (unpaired) electrons. The maximum Gasteiger partial charge on any atom is 0.308 e. The van der Waals surface area contributed by atoms with Crippen LogP contribution in [0.25, 0.3) is 0 Å². The molecule has 39 heavy (non-hydrogen) atoms. The predicted molar refractivity (Wildman–Crippen MR) is 164 cm³/mol. The minimum absolute atomic E-state index is 0.0806. The third kappa shape index (κ3) is 15.8. The number of nitrogens with zero attached hydrogens (tertiary/aromatic N) is 1. The molecular formula is C35H56NO3+. The monoisotopic (exact) mass is 538 g/mol. The van der Waals surface area contributed by atoms with Gasteiger partial charge >= 0.3 is 5.97 Å². The highest BCUT2D eigenvalue weighted by atomic mass is 16.5. The molecule has 0 saturated heterocycles. The first-order valence-electron chi connectivity index (χ1n) is 15.6. The molecule has 2 aromatic rings. The van der Waals surface area contributed by atoms with E-state index in [0.29, 0.717) is 13.2 Å². The van der Waals surface area contributed by atoms with E-state index in [0.717, 1.165) is 49.0 Å². The number of aryl methyl sites for hydroxylation is 1. The molecule has 0 heterocycles. The fourth-order valence-electron chi connectivity index (χ4n) is 4.96. The Bertz CT molecular complexity index is 896. The van der Waals surface area contributed by atoms with Gasteiger partial charge in [-0.05, 0) is 43.4 Å². The number of hydrogen-bond donors (Lipinski definition) is 0. The standard InChI is InChI=1S/C35H56NO3/c1-5-6-7-8-9-10-11-12-14-20-32-23-19-24-34(29-32)38-27-17-18-28-39-35(37)31(2)25-26-36(3,4)30-33-21-15-13-16-22-33/h13,15-16,19,21-24,29,31H,5-12,14,17-18,20,25-28,30H2,1-4H3/q+1. The van der Waals surface area contributed by atoms with Crippen LogP contribution in [0.5, 0.6) is 5.75 Å². The van der Waals surface area contributed by atoms with Crippen molar-refractivity contribution in [3.05, 3.63) is 65.7 Å². The van der Waals surface area contributed by atoms with Crippen molar-refractivity contribution >= 4 is 5.97 Å². The van der Waals surface area contributed by atoms with Crippen LogP contribution in [-0.2, 0) is 22.5 Å². The highest BCUT2D eigenvalue weighted by Gasteiger charge is 2.21. The molecule has 1 unspecified atom stereocenters. The predicted octanol–water partition coefficient (Wildman–Crippen LogP) is 8.76. The molecule has 2 aromatic carbocycles. The molecule has 4 heteroatoms. The second kappa shape index (κ2) is 19.7. The Labute approximate surface area is 239 Å². The Morgan fingerprint density at radius 2 is 1.41 bits per heavy atom. The zero-order valence-electron chi connectivity index (χ0n) is 25.5. The lowest BCUT2D eigenvalue weighted by molar-refractivity contribution is -0.904. The van der Waals surface area contributed by atoms with Crippen molar-refractivity contribution in [1.29, 1.82) is 0 Å². The Hall–Kier alpha value is -2.33. The van der Waals surface area contributed by atoms with Crippen molar-refractivity contribution < 1.29 is 18.8 Å². The quantitative estimate of drug-likeness (QED) is 0.0854. The Balaban J connectivity index is 1.51. The summed E-state index contributed by atoms with van der Waals surface area (Å²) in [5.74, 6) is 0.785. The van der Waals surface area contributed by atoms with E-state index in [9.17, 15) is 4.79 Å². The van der Waals surface area contributed by atoms with Gasteiger partial charge < -0.3 is 14.0 Å². The van der Waals surface area contributed by atoms with Crippen LogP contribution in [0.1, 0.15) is 102 Å². The number of ether oxygens (including phenoxy) is 2. The van der Waals surface area contributed by atoms with Gasteiger partial charge in [0.1, 0.15) is 12.3 Å². The summed E-state index contributed by atoms with van der Waals surface area (Å²) in [5, 5.41) is 0. The van der Waals surface area contributed by atoms with Crippen LogP contribution < -0.4 is 4.74 Å². The topological polar surface area (TPSA) is 35.5 Å². The van der Waals surface area contributed by atoms with Crippen molar-refractivity contribution in [2.24, 2.45) is 5.92 Å². The van der Waals surface area contributed by atoms with Crippen molar-refractivity contribution in [3.8, 4) is 5.75 Å². The Kier molecular flexibility index (Phi) is 16.6. The number of rotatable bonds is 22. The van der Waals surface area contributed by atoms with E-state index in [2.05, 4.69) is 63.5 Å². The van der Waals surface area contributed by atoms with E-state index in [1.807, 2.05) is 19.1 Å². The lowest BCUT2D eigenvalue weighted by Gasteiger charge is -2.30. The van der Waals surface area contributed by atoms with Gasteiger partial charge in [0, 0.05) is 12.0 Å². The van der Waals surface area contributed by atoms with Gasteiger partial charge in [-0.15, -0.1) is 0 Å². The second-order valence-electron chi connectivity index (χ2n) is 11.9. The van der Waals surface area contributed by atoms with Gasteiger partial charge in [-0.2, -0.15) is 0 Å². The first kappa shape index (κ1) is 32.9. The molecule has 1 atom stereocenters. The molecule has 0 aliphatic rings. The molecule has 4 nitrogen and oxygen atoms in total. The molecule has 0 fully saturated rings. The molecular weight excluding hydrogens is 482 g/mol. The van der Waals surface area contributed by atoms with Crippen LogP contribution in [0.3, 0.4) is 0 Å². The van der Waals surface area contributed by atoms with E-state index in [4.69, 9.17) is 9.47 Å². The molecule has 0 amide bonds. The van der Waals surface area contributed by atoms with Gasteiger partial charge in [0.15, 0.2) is 0 Å². The molecule has 0 N–H and O–H groups in total. The van der Waals surface area contributed by atoms with E-state index in [-0.39, 0.29) is 11.9 Å². The number of carbonyl (C=O) groups excluding carboxylic acids is 1. The summed E-state index contributed by atoms with van der Waals surface area (Å²) in [6.45, 7) is 7.28. The number of carbonyl (C=O) groups is 1. The van der Waals surface area contributed by atoms with E-state index in [1.54, 1.807) is 0 Å². The first-order chi connectivity index (χ1) is 18.9. The lowest BCUT2D eigenvalue weighted by Crippen LogP contribution is -2.40. The molecule has 0 spiro atoms. The first-order valence-corrected chi connectivity index (χ1v) is 15.6. The van der Waals surface area contributed by atoms with Crippen molar-refractivity contribution in [2.45, 2.75) is 104 Å². The molecule has 218 valence electrons. The average molecular weight is 539 g/mol. The summed E-state index contributed by atoms with van der Waals surface area (Å²) in [5.41, 5.74) is 2.69. The number of quaternary nitrogens is 1. The van der Waals surface area contributed by atoms with E-state index in [1.165, 1.54) is 68.9 Å². The number of esters is 1. The highest BCUT2D eigenvalue weighted by molar-refractivity contribution is 5.71. The number of benzene rings is 2. The Morgan fingerprint density at radius 1 is 0.769 bits per heavy atom. The summed E-state index contributed by atoms with van der Waals surface area (Å²) in [7, 11) is 4.44. The van der Waals surface area contributed by atoms with Crippen LogP contribution in [0.4, 0.5) is 0 Å².